The largest absolute Gasteiger partial charge is 0.377 e. The van der Waals surface area contributed by atoms with Crippen LogP contribution in [-0.4, -0.2) is 55.0 Å². The Balaban J connectivity index is 1.55. The zero-order valence-electron chi connectivity index (χ0n) is 18.3. The molecule has 1 unspecified atom stereocenters. The molecule has 166 valence electrons. The van der Waals surface area contributed by atoms with Gasteiger partial charge in [-0.1, -0.05) is 30.3 Å². The van der Waals surface area contributed by atoms with Crippen LogP contribution in [0.1, 0.15) is 45.0 Å². The van der Waals surface area contributed by atoms with Crippen LogP contribution >= 0.6 is 0 Å². The number of nitrogens with one attached hydrogen (secondary N) is 1. The molecule has 0 saturated carbocycles. The zero-order chi connectivity index (χ0) is 22.5. The van der Waals surface area contributed by atoms with Crippen LogP contribution in [0.15, 0.2) is 54.6 Å². The van der Waals surface area contributed by atoms with Crippen LogP contribution in [0.5, 0.6) is 0 Å². The number of hydrogen-bond donors (Lipinski definition) is 1. The molecule has 32 heavy (non-hydrogen) atoms. The van der Waals surface area contributed by atoms with E-state index in [1.807, 2.05) is 55.5 Å². The molecule has 1 aliphatic heterocycles. The van der Waals surface area contributed by atoms with Gasteiger partial charge in [-0.3, -0.25) is 9.59 Å². The topological polar surface area (TPSA) is 80.8 Å². The summed E-state index contributed by atoms with van der Waals surface area (Å²) in [5.41, 5.74) is 3.58. The summed E-state index contributed by atoms with van der Waals surface area (Å²) in [5.74, 6) is -0.227. The lowest BCUT2D eigenvalue weighted by Gasteiger charge is -2.33. The van der Waals surface area contributed by atoms with Crippen molar-refractivity contribution in [3.05, 3.63) is 77.0 Å². The van der Waals surface area contributed by atoms with Crippen molar-refractivity contribution in [1.82, 2.24) is 15.2 Å². The average Bonchev–Trinajstić information content (AvgIpc) is 2.86. The Morgan fingerprint density at radius 2 is 1.97 bits per heavy atom. The van der Waals surface area contributed by atoms with E-state index in [-0.39, 0.29) is 11.8 Å². The number of carbonyl (C=O) groups excluding carboxylic acids is 2. The van der Waals surface area contributed by atoms with Crippen molar-refractivity contribution in [2.75, 3.05) is 33.4 Å². The van der Waals surface area contributed by atoms with Gasteiger partial charge in [0.05, 0.1) is 36.5 Å². The summed E-state index contributed by atoms with van der Waals surface area (Å²) in [4.78, 5) is 32.1. The lowest BCUT2D eigenvalue weighted by Crippen LogP contribution is -2.42. The molecule has 1 aromatic heterocycles. The van der Waals surface area contributed by atoms with E-state index in [0.29, 0.717) is 49.7 Å². The van der Waals surface area contributed by atoms with Crippen LogP contribution in [0, 0.1) is 0 Å². The van der Waals surface area contributed by atoms with Gasteiger partial charge in [0.25, 0.3) is 11.8 Å². The molecule has 1 atom stereocenters. The summed E-state index contributed by atoms with van der Waals surface area (Å²) in [6.07, 6.45) is -0.405. The van der Waals surface area contributed by atoms with Gasteiger partial charge in [0.1, 0.15) is 6.10 Å². The van der Waals surface area contributed by atoms with Gasteiger partial charge in [0, 0.05) is 31.1 Å². The van der Waals surface area contributed by atoms with Gasteiger partial charge in [-0.05, 0) is 36.8 Å². The Hall–Kier alpha value is -3.29. The molecular formula is C25H27N3O4. The van der Waals surface area contributed by atoms with Crippen molar-refractivity contribution in [2.45, 2.75) is 19.6 Å². The Bertz CT molecular complexity index is 1110. The van der Waals surface area contributed by atoms with E-state index < -0.39 is 6.10 Å². The zero-order valence-corrected chi connectivity index (χ0v) is 18.3. The maximum Gasteiger partial charge on any atom is 0.254 e. The number of morpholine rings is 1. The minimum absolute atomic E-state index is 0.0476. The van der Waals surface area contributed by atoms with Gasteiger partial charge in [0.2, 0.25) is 0 Å². The molecule has 3 aromatic rings. The highest BCUT2D eigenvalue weighted by Gasteiger charge is 2.28. The number of hydrogen-bond acceptors (Lipinski definition) is 5. The Morgan fingerprint density at radius 3 is 2.72 bits per heavy atom. The smallest absolute Gasteiger partial charge is 0.254 e. The molecule has 0 radical (unpaired) electrons. The molecule has 0 aliphatic carbocycles. The summed E-state index contributed by atoms with van der Waals surface area (Å²) in [5, 5.41) is 3.47. The summed E-state index contributed by atoms with van der Waals surface area (Å²) in [7, 11) is 1.61. The number of pyridine rings is 1. The fourth-order valence-corrected chi connectivity index (χ4v) is 3.84. The number of rotatable bonds is 6. The van der Waals surface area contributed by atoms with Gasteiger partial charge in [-0.2, -0.15) is 0 Å². The SMILES string of the molecule is CCOCc1ccc(C(=O)N2CCOC(c3cc(C(=O)NC)c4ccccc4n3)C2)cc1. The van der Waals surface area contributed by atoms with E-state index in [9.17, 15) is 9.59 Å². The average molecular weight is 434 g/mol. The molecule has 1 saturated heterocycles. The van der Waals surface area contributed by atoms with E-state index in [1.54, 1.807) is 18.0 Å². The highest BCUT2D eigenvalue weighted by molar-refractivity contribution is 6.06. The second-order valence-electron chi connectivity index (χ2n) is 7.64. The standard InChI is InChI=1S/C25H27N3O4/c1-3-31-16-17-8-10-18(11-9-17)25(30)28-12-13-32-23(15-28)22-14-20(24(29)26-2)19-6-4-5-7-21(19)27-22/h4-11,14,23H,3,12-13,15-16H2,1-2H3,(H,26,29). The second-order valence-corrected chi connectivity index (χ2v) is 7.64. The number of carbonyl (C=O) groups is 2. The highest BCUT2D eigenvalue weighted by Crippen LogP contribution is 2.27. The van der Waals surface area contributed by atoms with Crippen LogP contribution in [0.2, 0.25) is 0 Å². The first kappa shape index (κ1) is 21.9. The number of ether oxygens (including phenoxy) is 2. The maximum absolute atomic E-state index is 13.1. The number of aromatic nitrogens is 1. The Kier molecular flexibility index (Phi) is 6.78. The minimum atomic E-state index is -0.405. The molecule has 1 fully saturated rings. The molecule has 7 heteroatoms. The van der Waals surface area contributed by atoms with Gasteiger partial charge in [0.15, 0.2) is 0 Å². The molecule has 2 amide bonds. The molecule has 0 bridgehead atoms. The lowest BCUT2D eigenvalue weighted by molar-refractivity contribution is -0.0246. The van der Waals surface area contributed by atoms with Gasteiger partial charge in [-0.15, -0.1) is 0 Å². The van der Waals surface area contributed by atoms with Crippen molar-refractivity contribution >= 4 is 22.7 Å². The molecule has 2 heterocycles. The first-order valence-corrected chi connectivity index (χ1v) is 10.8. The van der Waals surface area contributed by atoms with E-state index in [1.165, 1.54) is 0 Å². The number of nitrogens with zero attached hydrogens (tertiary/aromatic N) is 2. The quantitative estimate of drug-likeness (QED) is 0.645. The van der Waals surface area contributed by atoms with Crippen LogP contribution in [0.4, 0.5) is 0 Å². The number of para-hydroxylation sites is 1. The summed E-state index contributed by atoms with van der Waals surface area (Å²) in [6, 6.07) is 16.8. The molecule has 1 aliphatic rings. The van der Waals surface area contributed by atoms with E-state index >= 15 is 0 Å². The lowest BCUT2D eigenvalue weighted by atomic mass is 10.0. The molecule has 1 N–H and O–H groups in total. The Labute approximate surface area is 187 Å². The highest BCUT2D eigenvalue weighted by atomic mass is 16.5. The first-order valence-electron chi connectivity index (χ1n) is 10.8. The van der Waals surface area contributed by atoms with Gasteiger partial charge in [-0.25, -0.2) is 4.98 Å². The van der Waals surface area contributed by atoms with Crippen molar-refractivity contribution in [1.29, 1.82) is 0 Å². The number of benzene rings is 2. The molecular weight excluding hydrogens is 406 g/mol. The Morgan fingerprint density at radius 1 is 1.19 bits per heavy atom. The molecule has 7 nitrogen and oxygen atoms in total. The predicted molar refractivity (Wildman–Crippen MR) is 122 cm³/mol. The first-order chi connectivity index (χ1) is 15.6. The second kappa shape index (κ2) is 9.89. The molecule has 0 spiro atoms. The third-order valence-corrected chi connectivity index (χ3v) is 5.56. The van der Waals surface area contributed by atoms with Gasteiger partial charge >= 0.3 is 0 Å². The van der Waals surface area contributed by atoms with Crippen LogP contribution in [0.25, 0.3) is 10.9 Å². The fourth-order valence-electron chi connectivity index (χ4n) is 3.84. The fraction of sp³-hybridized carbons (Fsp3) is 0.320. The number of fused-ring (bicyclic) bond motifs is 1. The van der Waals surface area contributed by atoms with E-state index in [0.717, 1.165) is 16.5 Å². The van der Waals surface area contributed by atoms with Crippen LogP contribution in [-0.2, 0) is 16.1 Å². The van der Waals surface area contributed by atoms with Crippen molar-refractivity contribution in [3.63, 3.8) is 0 Å². The van der Waals surface area contributed by atoms with Crippen molar-refractivity contribution in [3.8, 4) is 0 Å². The monoisotopic (exact) mass is 433 g/mol. The van der Waals surface area contributed by atoms with E-state index in [4.69, 9.17) is 14.5 Å². The normalized spacial score (nSPS) is 16.2. The predicted octanol–water partition coefficient (Wildman–Crippen LogP) is 3.34. The number of amides is 2. The molecule has 2 aromatic carbocycles. The van der Waals surface area contributed by atoms with Crippen molar-refractivity contribution in [2.24, 2.45) is 0 Å². The van der Waals surface area contributed by atoms with Crippen molar-refractivity contribution < 1.29 is 19.1 Å². The third-order valence-electron chi connectivity index (χ3n) is 5.56. The third kappa shape index (κ3) is 4.64. The van der Waals surface area contributed by atoms with Crippen LogP contribution in [0.3, 0.4) is 0 Å². The summed E-state index contributed by atoms with van der Waals surface area (Å²) < 4.78 is 11.4. The molecule has 4 rings (SSSR count). The summed E-state index contributed by atoms with van der Waals surface area (Å²) >= 11 is 0. The van der Waals surface area contributed by atoms with Crippen LogP contribution < -0.4 is 5.32 Å². The maximum atomic E-state index is 13.1. The van der Waals surface area contributed by atoms with E-state index in [2.05, 4.69) is 5.32 Å². The minimum Gasteiger partial charge on any atom is -0.377 e. The van der Waals surface area contributed by atoms with Gasteiger partial charge < -0.3 is 19.7 Å². The summed E-state index contributed by atoms with van der Waals surface area (Å²) in [6.45, 7) is 4.42.